The fourth-order valence-corrected chi connectivity index (χ4v) is 5.80. The molecule has 3 heterocycles. The van der Waals surface area contributed by atoms with Crippen LogP contribution in [-0.4, -0.2) is 42.2 Å². The monoisotopic (exact) mass is 567 g/mol. The van der Waals surface area contributed by atoms with Crippen molar-refractivity contribution >= 4 is 40.2 Å². The maximum atomic E-state index is 5.95. The van der Waals surface area contributed by atoms with Gasteiger partial charge in [-0.3, -0.25) is 0 Å². The smallest absolute Gasteiger partial charge is 0.179 e. The number of para-hydroxylation sites is 5. The molecule has 1 atom stereocenters. The Labute approximate surface area is 251 Å². The van der Waals surface area contributed by atoms with E-state index in [9.17, 15) is 0 Å². The number of benzene rings is 4. The Bertz CT molecular complexity index is 1860. The summed E-state index contributed by atoms with van der Waals surface area (Å²) in [6.07, 6.45) is 0. The van der Waals surface area contributed by atoms with Crippen LogP contribution in [-0.2, 0) is 0 Å². The zero-order valence-electron chi connectivity index (χ0n) is 24.7. The van der Waals surface area contributed by atoms with Crippen molar-refractivity contribution in [3.63, 3.8) is 0 Å². The van der Waals surface area contributed by atoms with Crippen LogP contribution in [0.5, 0.6) is 5.75 Å². The zero-order valence-corrected chi connectivity index (χ0v) is 24.7. The molecule has 8 nitrogen and oxygen atoms in total. The number of amidine groups is 2. The highest BCUT2D eigenvalue weighted by Gasteiger charge is 2.41. The number of nitrogens with zero attached hydrogens (tertiary/aromatic N) is 6. The van der Waals surface area contributed by atoms with Crippen LogP contribution in [0.3, 0.4) is 0 Å². The molecule has 1 aromatic heterocycles. The van der Waals surface area contributed by atoms with E-state index in [1.807, 2.05) is 66.2 Å². The van der Waals surface area contributed by atoms with Gasteiger partial charge in [0.25, 0.3) is 0 Å². The first-order valence-electron chi connectivity index (χ1n) is 14.5. The predicted molar refractivity (Wildman–Crippen MR) is 175 cm³/mol. The third-order valence-electron chi connectivity index (χ3n) is 7.80. The molecule has 214 valence electrons. The molecule has 0 fully saturated rings. The average molecular weight is 568 g/mol. The van der Waals surface area contributed by atoms with Crippen molar-refractivity contribution in [3.8, 4) is 11.4 Å². The lowest BCUT2D eigenvalue weighted by atomic mass is 9.93. The van der Waals surface area contributed by atoms with E-state index in [0.717, 1.165) is 62.7 Å². The standard InChI is InChI=1S/C35H33N7O/c1-5-43-30-18-12-10-16-28(30)37-33-35-38-34-31(23(2)39-42(34)26-13-7-6-8-14-26)32(24-19-21-25(22-20-24)40(3)4)41(35)29-17-11-9-15-27(29)36-33/h6-22,32H,5H2,1-4H3,(H,36,37)/t32-/m1/s1. The van der Waals surface area contributed by atoms with E-state index in [-0.39, 0.29) is 6.04 Å². The number of hydrogen-bond donors (Lipinski definition) is 1. The Morgan fingerprint density at radius 2 is 1.56 bits per heavy atom. The van der Waals surface area contributed by atoms with Gasteiger partial charge in [-0.2, -0.15) is 5.10 Å². The predicted octanol–water partition coefficient (Wildman–Crippen LogP) is 7.44. The molecule has 0 aliphatic carbocycles. The number of ether oxygens (including phenoxy) is 1. The Morgan fingerprint density at radius 1 is 0.837 bits per heavy atom. The van der Waals surface area contributed by atoms with E-state index < -0.39 is 0 Å². The molecule has 5 aromatic rings. The SMILES string of the molecule is CCOc1ccccc1NC1=Nc2ccccc2N2C1=Nc1c(c(C)nn1-c1ccccc1)[C@H]2c1ccc(N(C)C)cc1. The van der Waals surface area contributed by atoms with Crippen LogP contribution in [0.25, 0.3) is 5.69 Å². The molecular formula is C35H33N7O. The van der Waals surface area contributed by atoms with Gasteiger partial charge in [-0.05, 0) is 67.9 Å². The maximum Gasteiger partial charge on any atom is 0.179 e. The van der Waals surface area contributed by atoms with E-state index >= 15 is 0 Å². The molecule has 0 amide bonds. The van der Waals surface area contributed by atoms with E-state index in [0.29, 0.717) is 12.4 Å². The summed E-state index contributed by atoms with van der Waals surface area (Å²) in [6.45, 7) is 4.62. The number of nitrogens with one attached hydrogen (secondary N) is 1. The number of fused-ring (bicyclic) bond motifs is 4. The Balaban J connectivity index is 1.47. The minimum absolute atomic E-state index is 0.188. The van der Waals surface area contributed by atoms with Crippen molar-refractivity contribution in [1.29, 1.82) is 0 Å². The van der Waals surface area contributed by atoms with E-state index in [1.54, 1.807) is 0 Å². The second-order valence-electron chi connectivity index (χ2n) is 10.8. The Kier molecular flexibility index (Phi) is 6.66. The zero-order chi connectivity index (χ0) is 29.5. The lowest BCUT2D eigenvalue weighted by Crippen LogP contribution is -2.46. The van der Waals surface area contributed by atoms with Gasteiger partial charge in [-0.25, -0.2) is 14.7 Å². The molecule has 8 heteroatoms. The molecule has 0 radical (unpaired) electrons. The lowest BCUT2D eigenvalue weighted by Gasteiger charge is -2.40. The summed E-state index contributed by atoms with van der Waals surface area (Å²) in [5, 5.41) is 8.62. The number of rotatable bonds is 6. The summed E-state index contributed by atoms with van der Waals surface area (Å²) >= 11 is 0. The summed E-state index contributed by atoms with van der Waals surface area (Å²) in [5.74, 6) is 2.92. The molecule has 4 aromatic carbocycles. The van der Waals surface area contributed by atoms with Crippen molar-refractivity contribution in [1.82, 2.24) is 9.78 Å². The first kappa shape index (κ1) is 26.5. The normalized spacial score (nSPS) is 15.1. The van der Waals surface area contributed by atoms with Crippen LogP contribution in [0.4, 0.5) is 28.6 Å². The highest BCUT2D eigenvalue weighted by molar-refractivity contribution is 6.51. The fourth-order valence-electron chi connectivity index (χ4n) is 5.80. The summed E-state index contributed by atoms with van der Waals surface area (Å²) in [7, 11) is 4.11. The number of aliphatic imine (C=N–C) groups is 2. The molecule has 2 aliphatic rings. The fraction of sp³-hybridized carbons (Fsp3) is 0.171. The topological polar surface area (TPSA) is 70.3 Å². The third-order valence-corrected chi connectivity index (χ3v) is 7.80. The van der Waals surface area contributed by atoms with E-state index in [2.05, 4.69) is 84.7 Å². The van der Waals surface area contributed by atoms with Gasteiger partial charge < -0.3 is 19.9 Å². The minimum Gasteiger partial charge on any atom is -0.492 e. The second-order valence-corrected chi connectivity index (χ2v) is 10.8. The van der Waals surface area contributed by atoms with Crippen LogP contribution in [0.1, 0.15) is 29.8 Å². The molecule has 0 bridgehead atoms. The average Bonchev–Trinajstić information content (AvgIpc) is 3.37. The maximum absolute atomic E-state index is 5.95. The summed E-state index contributed by atoms with van der Waals surface area (Å²) < 4.78 is 7.90. The number of aromatic nitrogens is 2. The molecule has 0 saturated carbocycles. The van der Waals surface area contributed by atoms with Gasteiger partial charge in [-0.1, -0.05) is 54.6 Å². The van der Waals surface area contributed by atoms with E-state index in [1.165, 1.54) is 0 Å². The Morgan fingerprint density at radius 3 is 2.33 bits per heavy atom. The van der Waals surface area contributed by atoms with Crippen LogP contribution < -0.4 is 19.9 Å². The second kappa shape index (κ2) is 10.8. The van der Waals surface area contributed by atoms with Gasteiger partial charge in [0.15, 0.2) is 17.5 Å². The molecule has 0 saturated heterocycles. The lowest BCUT2D eigenvalue weighted by molar-refractivity contribution is 0.342. The van der Waals surface area contributed by atoms with E-state index in [4.69, 9.17) is 19.8 Å². The Hall–Kier alpha value is -5.37. The molecule has 0 unspecified atom stereocenters. The molecule has 2 aliphatic heterocycles. The summed E-state index contributed by atoms with van der Waals surface area (Å²) in [6, 6.07) is 34.9. The highest BCUT2D eigenvalue weighted by atomic mass is 16.5. The van der Waals surface area contributed by atoms with Gasteiger partial charge in [-0.15, -0.1) is 0 Å². The highest BCUT2D eigenvalue weighted by Crippen LogP contribution is 2.48. The third kappa shape index (κ3) is 4.61. The first-order valence-corrected chi connectivity index (χ1v) is 14.5. The van der Waals surface area contributed by atoms with Gasteiger partial charge in [0, 0.05) is 25.3 Å². The summed E-state index contributed by atoms with van der Waals surface area (Å²) in [4.78, 5) is 14.9. The number of aryl methyl sites for hydroxylation is 1. The van der Waals surface area contributed by atoms with Crippen LogP contribution in [0.15, 0.2) is 113 Å². The molecule has 43 heavy (non-hydrogen) atoms. The molecule has 1 N–H and O–H groups in total. The van der Waals surface area contributed by atoms with Crippen molar-refractivity contribution < 1.29 is 4.74 Å². The van der Waals surface area contributed by atoms with Crippen LogP contribution in [0.2, 0.25) is 0 Å². The van der Waals surface area contributed by atoms with Crippen molar-refractivity contribution in [2.45, 2.75) is 19.9 Å². The summed E-state index contributed by atoms with van der Waals surface area (Å²) in [5.41, 5.74) is 7.91. The number of hydrogen-bond acceptors (Lipinski definition) is 7. The molecule has 7 rings (SSSR count). The van der Waals surface area contributed by atoms with Gasteiger partial charge >= 0.3 is 0 Å². The van der Waals surface area contributed by atoms with Crippen LogP contribution >= 0.6 is 0 Å². The minimum atomic E-state index is -0.188. The van der Waals surface area contributed by atoms with Crippen LogP contribution in [0, 0.1) is 6.92 Å². The van der Waals surface area contributed by atoms with Gasteiger partial charge in [0.05, 0.1) is 41.1 Å². The largest absolute Gasteiger partial charge is 0.492 e. The van der Waals surface area contributed by atoms with Crippen molar-refractivity contribution in [3.05, 3.63) is 120 Å². The molecular weight excluding hydrogens is 534 g/mol. The van der Waals surface area contributed by atoms with Crippen molar-refractivity contribution in [2.24, 2.45) is 9.98 Å². The van der Waals surface area contributed by atoms with Gasteiger partial charge in [0.2, 0.25) is 0 Å². The molecule has 0 spiro atoms. The van der Waals surface area contributed by atoms with Gasteiger partial charge in [0.1, 0.15) is 5.75 Å². The van der Waals surface area contributed by atoms with Crippen molar-refractivity contribution in [2.75, 3.05) is 35.8 Å². The first-order chi connectivity index (χ1) is 21.0. The number of anilines is 3. The quantitative estimate of drug-likeness (QED) is 0.231.